The van der Waals surface area contributed by atoms with Gasteiger partial charge in [-0.3, -0.25) is 9.10 Å². The Labute approximate surface area is 206 Å². The molecule has 6 nitrogen and oxygen atoms in total. The van der Waals surface area contributed by atoms with E-state index in [0.29, 0.717) is 5.69 Å². The van der Waals surface area contributed by atoms with Gasteiger partial charge in [0.25, 0.3) is 5.91 Å². The zero-order valence-corrected chi connectivity index (χ0v) is 20.3. The summed E-state index contributed by atoms with van der Waals surface area (Å²) in [6.45, 7) is 1.58. The fraction of sp³-hybridized carbons (Fsp3) is 0.208. The van der Waals surface area contributed by atoms with E-state index in [-0.39, 0.29) is 23.0 Å². The number of alkyl halides is 3. The van der Waals surface area contributed by atoms with Crippen LogP contribution in [0.3, 0.4) is 0 Å². The molecule has 0 bridgehead atoms. The minimum absolute atomic E-state index is 0.0508. The third-order valence-electron chi connectivity index (χ3n) is 4.91. The maximum absolute atomic E-state index is 12.9. The number of anilines is 2. The first-order valence-corrected chi connectivity index (χ1v) is 12.5. The average Bonchev–Trinajstić information content (AvgIpc) is 2.78. The number of rotatable bonds is 8. The molecule has 0 fully saturated rings. The highest BCUT2D eigenvalue weighted by Crippen LogP contribution is 2.33. The zero-order valence-electron chi connectivity index (χ0n) is 18.8. The summed E-state index contributed by atoms with van der Waals surface area (Å²) < 4.78 is 70.0. The van der Waals surface area contributed by atoms with Gasteiger partial charge in [0.15, 0.2) is 6.61 Å². The van der Waals surface area contributed by atoms with Gasteiger partial charge in [0.05, 0.1) is 34.8 Å². The van der Waals surface area contributed by atoms with Gasteiger partial charge in [-0.25, -0.2) is 8.42 Å². The van der Waals surface area contributed by atoms with Crippen molar-refractivity contribution in [3.05, 3.63) is 88.4 Å². The summed E-state index contributed by atoms with van der Waals surface area (Å²) in [5, 5.41) is 2.24. The fourth-order valence-corrected chi connectivity index (χ4v) is 4.15. The standard InChI is InChI=1S/C24H22ClF3N2O4S/c1-16-3-5-17(6-4-16)14-30(35(2,32)33)19-8-10-20(11-9-19)34-15-23(31)29-22-13-18(24(26,27)28)7-12-21(22)25/h3-13H,14-15H2,1-2H3,(H,29,31). The lowest BCUT2D eigenvalue weighted by atomic mass is 10.1. The molecule has 0 saturated heterocycles. The lowest BCUT2D eigenvalue weighted by Gasteiger charge is -2.23. The quantitative estimate of drug-likeness (QED) is 0.411. The predicted molar refractivity (Wildman–Crippen MR) is 129 cm³/mol. The van der Waals surface area contributed by atoms with Crippen LogP contribution < -0.4 is 14.4 Å². The highest BCUT2D eigenvalue weighted by molar-refractivity contribution is 7.92. The summed E-state index contributed by atoms with van der Waals surface area (Å²) in [7, 11) is -3.58. The summed E-state index contributed by atoms with van der Waals surface area (Å²) in [6, 6.07) is 16.1. The Morgan fingerprint density at radius 3 is 2.23 bits per heavy atom. The van der Waals surface area contributed by atoms with Crippen molar-refractivity contribution in [2.45, 2.75) is 19.6 Å². The fourth-order valence-electron chi connectivity index (χ4n) is 3.10. The third-order valence-corrected chi connectivity index (χ3v) is 6.38. The Morgan fingerprint density at radius 1 is 1.03 bits per heavy atom. The molecule has 0 aromatic heterocycles. The SMILES string of the molecule is Cc1ccc(CN(c2ccc(OCC(=O)Nc3cc(C(F)(F)F)ccc3Cl)cc2)S(C)(=O)=O)cc1. The Morgan fingerprint density at radius 2 is 1.66 bits per heavy atom. The van der Waals surface area contributed by atoms with Crippen LogP contribution in [0.4, 0.5) is 24.5 Å². The molecule has 11 heteroatoms. The number of carbonyl (C=O) groups excluding carboxylic acids is 1. The molecule has 0 aliphatic carbocycles. The van der Waals surface area contributed by atoms with E-state index in [4.69, 9.17) is 16.3 Å². The molecule has 1 N–H and O–H groups in total. The van der Waals surface area contributed by atoms with E-state index in [0.717, 1.165) is 35.6 Å². The number of carbonyl (C=O) groups is 1. The van der Waals surface area contributed by atoms with Crippen LogP contribution in [0.2, 0.25) is 5.02 Å². The number of ether oxygens (including phenoxy) is 1. The molecule has 0 atom stereocenters. The van der Waals surface area contributed by atoms with Crippen molar-refractivity contribution in [2.75, 3.05) is 22.5 Å². The van der Waals surface area contributed by atoms with E-state index in [1.165, 1.54) is 28.6 Å². The summed E-state index contributed by atoms with van der Waals surface area (Å²) in [5.41, 5.74) is 1.13. The molecule has 1 amide bonds. The summed E-state index contributed by atoms with van der Waals surface area (Å²) in [4.78, 5) is 12.2. The lowest BCUT2D eigenvalue weighted by molar-refractivity contribution is -0.137. The van der Waals surface area contributed by atoms with Crippen molar-refractivity contribution < 1.29 is 31.1 Å². The van der Waals surface area contributed by atoms with E-state index in [1.807, 2.05) is 31.2 Å². The minimum atomic E-state index is -4.58. The van der Waals surface area contributed by atoms with Gasteiger partial charge in [-0.1, -0.05) is 41.4 Å². The van der Waals surface area contributed by atoms with Crippen LogP contribution in [-0.4, -0.2) is 27.2 Å². The third kappa shape index (κ3) is 7.37. The topological polar surface area (TPSA) is 75.7 Å². The number of nitrogens with one attached hydrogen (secondary N) is 1. The maximum Gasteiger partial charge on any atom is 0.416 e. The molecule has 0 spiro atoms. The van der Waals surface area contributed by atoms with Crippen LogP contribution in [0.1, 0.15) is 16.7 Å². The van der Waals surface area contributed by atoms with Gasteiger partial charge in [-0.05, 0) is 55.0 Å². The number of hydrogen-bond acceptors (Lipinski definition) is 4. The normalized spacial score (nSPS) is 11.7. The number of amides is 1. The second-order valence-corrected chi connectivity index (χ2v) is 10.1. The van der Waals surface area contributed by atoms with Crippen LogP contribution in [0.25, 0.3) is 0 Å². The maximum atomic E-state index is 12.9. The van der Waals surface area contributed by atoms with Gasteiger partial charge in [0.2, 0.25) is 10.0 Å². The minimum Gasteiger partial charge on any atom is -0.484 e. The molecule has 0 radical (unpaired) electrons. The average molecular weight is 527 g/mol. The van der Waals surface area contributed by atoms with Crippen molar-refractivity contribution in [3.8, 4) is 5.75 Å². The van der Waals surface area contributed by atoms with Crippen LogP contribution in [0.15, 0.2) is 66.7 Å². The van der Waals surface area contributed by atoms with Gasteiger partial charge < -0.3 is 10.1 Å². The van der Waals surface area contributed by atoms with E-state index >= 15 is 0 Å². The van der Waals surface area contributed by atoms with Crippen molar-refractivity contribution >= 4 is 38.9 Å². The molecule has 3 aromatic carbocycles. The Kier molecular flexibility index (Phi) is 7.97. The number of sulfonamides is 1. The molecular formula is C24H22ClF3N2O4S. The molecule has 35 heavy (non-hydrogen) atoms. The molecule has 3 rings (SSSR count). The zero-order chi connectivity index (χ0) is 25.8. The molecule has 0 heterocycles. The van der Waals surface area contributed by atoms with Crippen LogP contribution in [0.5, 0.6) is 5.75 Å². The molecule has 0 saturated carbocycles. The Bertz CT molecular complexity index is 1300. The highest BCUT2D eigenvalue weighted by atomic mass is 35.5. The molecule has 0 unspecified atom stereocenters. The van der Waals surface area contributed by atoms with E-state index in [9.17, 15) is 26.4 Å². The van der Waals surface area contributed by atoms with Gasteiger partial charge in [-0.2, -0.15) is 13.2 Å². The van der Waals surface area contributed by atoms with Gasteiger partial charge in [0, 0.05) is 0 Å². The smallest absolute Gasteiger partial charge is 0.416 e. The van der Waals surface area contributed by atoms with Crippen LogP contribution >= 0.6 is 11.6 Å². The first-order chi connectivity index (χ1) is 16.3. The number of benzene rings is 3. The number of aryl methyl sites for hydroxylation is 1. The number of nitrogens with zero attached hydrogens (tertiary/aromatic N) is 1. The van der Waals surface area contributed by atoms with Gasteiger partial charge >= 0.3 is 6.18 Å². The number of halogens is 4. The first-order valence-electron chi connectivity index (χ1n) is 10.3. The summed E-state index contributed by atoms with van der Waals surface area (Å²) in [6.07, 6.45) is -3.48. The molecular weight excluding hydrogens is 505 g/mol. The van der Waals surface area contributed by atoms with Crippen molar-refractivity contribution in [2.24, 2.45) is 0 Å². The van der Waals surface area contributed by atoms with Crippen molar-refractivity contribution in [1.29, 1.82) is 0 Å². The van der Waals surface area contributed by atoms with Crippen molar-refractivity contribution in [3.63, 3.8) is 0 Å². The van der Waals surface area contributed by atoms with Gasteiger partial charge in [0.1, 0.15) is 5.75 Å². The first kappa shape index (κ1) is 26.4. The molecule has 0 aliphatic heterocycles. The number of hydrogen-bond donors (Lipinski definition) is 1. The van der Waals surface area contributed by atoms with E-state index in [2.05, 4.69) is 5.32 Å². The second-order valence-electron chi connectivity index (χ2n) is 7.78. The molecule has 0 aliphatic rings. The highest BCUT2D eigenvalue weighted by Gasteiger charge is 2.31. The monoisotopic (exact) mass is 526 g/mol. The van der Waals surface area contributed by atoms with Crippen LogP contribution in [0, 0.1) is 6.92 Å². The van der Waals surface area contributed by atoms with E-state index in [1.54, 1.807) is 0 Å². The van der Waals surface area contributed by atoms with Crippen LogP contribution in [-0.2, 0) is 27.5 Å². The van der Waals surface area contributed by atoms with E-state index < -0.39 is 34.3 Å². The second kappa shape index (κ2) is 10.6. The Hall–Kier alpha value is -3.24. The lowest BCUT2D eigenvalue weighted by Crippen LogP contribution is -2.29. The largest absolute Gasteiger partial charge is 0.484 e. The van der Waals surface area contributed by atoms with Crippen molar-refractivity contribution in [1.82, 2.24) is 0 Å². The van der Waals surface area contributed by atoms with Gasteiger partial charge in [-0.15, -0.1) is 0 Å². The molecule has 186 valence electrons. The summed E-state index contributed by atoms with van der Waals surface area (Å²) >= 11 is 5.88. The molecule has 3 aromatic rings. The Balaban J connectivity index is 1.65. The summed E-state index contributed by atoms with van der Waals surface area (Å²) in [5.74, 6) is -0.449. The predicted octanol–water partition coefficient (Wildman–Crippen LogP) is 5.65.